The van der Waals surface area contributed by atoms with Gasteiger partial charge in [-0.25, -0.2) is 17.8 Å². The molecular formula is C23H34FIN4O2S. The first kappa shape index (κ1) is 28.3. The molecule has 6 nitrogen and oxygen atoms in total. The molecule has 0 aromatic heterocycles. The second-order valence-corrected chi connectivity index (χ2v) is 9.95. The minimum atomic E-state index is -3.23. The molecule has 2 aromatic carbocycles. The van der Waals surface area contributed by atoms with Crippen LogP contribution in [-0.4, -0.2) is 51.7 Å². The minimum absolute atomic E-state index is 0. The van der Waals surface area contributed by atoms with Crippen LogP contribution < -0.4 is 10.6 Å². The van der Waals surface area contributed by atoms with E-state index in [0.717, 1.165) is 6.54 Å². The number of aliphatic imine (C=N–C) groups is 1. The van der Waals surface area contributed by atoms with Crippen LogP contribution >= 0.6 is 24.0 Å². The van der Waals surface area contributed by atoms with Gasteiger partial charge in [-0.2, -0.15) is 0 Å². The van der Waals surface area contributed by atoms with E-state index in [1.165, 1.54) is 30.0 Å². The average Bonchev–Trinajstić information content (AvgIpc) is 2.71. The third kappa shape index (κ3) is 10.3. The van der Waals surface area contributed by atoms with Gasteiger partial charge in [0.05, 0.1) is 12.3 Å². The maximum Gasteiger partial charge on any atom is 0.191 e. The Morgan fingerprint density at radius 1 is 1.12 bits per heavy atom. The number of benzene rings is 2. The van der Waals surface area contributed by atoms with E-state index in [1.807, 2.05) is 25.1 Å². The Morgan fingerprint density at radius 2 is 1.81 bits per heavy atom. The highest BCUT2D eigenvalue weighted by Crippen LogP contribution is 2.15. The van der Waals surface area contributed by atoms with Gasteiger partial charge in [-0.05, 0) is 49.7 Å². The van der Waals surface area contributed by atoms with E-state index in [2.05, 4.69) is 46.6 Å². The van der Waals surface area contributed by atoms with Crippen LogP contribution in [0.15, 0.2) is 53.5 Å². The summed E-state index contributed by atoms with van der Waals surface area (Å²) in [5.74, 6) is 0.0669. The van der Waals surface area contributed by atoms with Gasteiger partial charge in [0, 0.05) is 31.9 Å². The van der Waals surface area contributed by atoms with E-state index in [9.17, 15) is 12.8 Å². The Morgan fingerprint density at radius 3 is 2.44 bits per heavy atom. The third-order valence-electron chi connectivity index (χ3n) is 4.93. The van der Waals surface area contributed by atoms with Crippen molar-refractivity contribution in [3.8, 4) is 0 Å². The highest BCUT2D eigenvalue weighted by Gasteiger charge is 2.12. The predicted molar refractivity (Wildman–Crippen MR) is 141 cm³/mol. The lowest BCUT2D eigenvalue weighted by atomic mass is 10.1. The molecule has 0 heterocycles. The van der Waals surface area contributed by atoms with Crippen LogP contribution in [0.25, 0.3) is 0 Å². The summed E-state index contributed by atoms with van der Waals surface area (Å²) in [5.41, 5.74) is 2.39. The van der Waals surface area contributed by atoms with Crippen molar-refractivity contribution < 1.29 is 12.8 Å². The largest absolute Gasteiger partial charge is 0.357 e. The van der Waals surface area contributed by atoms with Gasteiger partial charge < -0.3 is 10.6 Å². The van der Waals surface area contributed by atoms with Gasteiger partial charge >= 0.3 is 0 Å². The van der Waals surface area contributed by atoms with Crippen LogP contribution in [-0.2, 0) is 28.7 Å². The van der Waals surface area contributed by atoms with Crippen molar-refractivity contribution in [2.75, 3.05) is 26.4 Å². The molecule has 32 heavy (non-hydrogen) atoms. The van der Waals surface area contributed by atoms with E-state index in [0.29, 0.717) is 30.2 Å². The summed E-state index contributed by atoms with van der Waals surface area (Å²) in [6.45, 7) is 6.49. The van der Waals surface area contributed by atoms with Gasteiger partial charge in [0.1, 0.15) is 5.82 Å². The molecule has 9 heteroatoms. The van der Waals surface area contributed by atoms with Gasteiger partial charge in [0.2, 0.25) is 0 Å². The number of sulfone groups is 1. The zero-order valence-electron chi connectivity index (χ0n) is 19.1. The van der Waals surface area contributed by atoms with Gasteiger partial charge in [-0.3, -0.25) is 4.90 Å². The molecule has 0 saturated heterocycles. The molecule has 0 fully saturated rings. The Balaban J connectivity index is 0.00000512. The predicted octanol–water partition coefficient (Wildman–Crippen LogP) is 3.56. The van der Waals surface area contributed by atoms with Crippen molar-refractivity contribution >= 4 is 39.8 Å². The smallest absolute Gasteiger partial charge is 0.191 e. The molecule has 0 spiro atoms. The van der Waals surface area contributed by atoms with Crippen molar-refractivity contribution in [1.82, 2.24) is 15.5 Å². The number of nitrogens with one attached hydrogen (secondary N) is 2. The molecule has 2 aromatic rings. The van der Waals surface area contributed by atoms with E-state index < -0.39 is 15.7 Å². The summed E-state index contributed by atoms with van der Waals surface area (Å²) in [6.07, 6.45) is 1.17. The van der Waals surface area contributed by atoms with E-state index in [4.69, 9.17) is 0 Å². The third-order valence-corrected chi connectivity index (χ3v) is 5.77. The van der Waals surface area contributed by atoms with Crippen LogP contribution in [0.1, 0.15) is 30.5 Å². The zero-order chi connectivity index (χ0) is 22.9. The first-order valence-electron chi connectivity index (χ1n) is 10.4. The van der Waals surface area contributed by atoms with Gasteiger partial charge in [0.25, 0.3) is 0 Å². The Hall–Kier alpha value is -1.72. The standard InChI is InChI=1S/C23H33FN4O2S.HI/c1-5-25-23(26-14-18(2)28(3)16-19-9-7-6-8-10-19)27-15-21-13-22(24)12-11-20(21)17-31(4,29)30;/h6-13,18H,5,14-17H2,1-4H3,(H2,25,26,27);1H. The first-order chi connectivity index (χ1) is 14.7. The second-order valence-electron chi connectivity index (χ2n) is 7.81. The molecule has 2 N–H and O–H groups in total. The summed E-state index contributed by atoms with van der Waals surface area (Å²) < 4.78 is 37.1. The lowest BCUT2D eigenvalue weighted by Crippen LogP contribution is -2.44. The highest BCUT2D eigenvalue weighted by molar-refractivity contribution is 14.0. The number of halogens is 2. The monoisotopic (exact) mass is 576 g/mol. The first-order valence-corrected chi connectivity index (χ1v) is 12.5. The van der Waals surface area contributed by atoms with E-state index in [1.54, 1.807) is 0 Å². The van der Waals surface area contributed by atoms with Crippen molar-refractivity contribution in [1.29, 1.82) is 0 Å². The number of nitrogens with zero attached hydrogens (tertiary/aromatic N) is 2. The molecule has 1 unspecified atom stereocenters. The Labute approximate surface area is 208 Å². The summed E-state index contributed by atoms with van der Waals surface area (Å²) in [5, 5.41) is 6.51. The summed E-state index contributed by atoms with van der Waals surface area (Å²) >= 11 is 0. The number of rotatable bonds is 10. The summed E-state index contributed by atoms with van der Waals surface area (Å²) in [6, 6.07) is 14.7. The van der Waals surface area contributed by atoms with Crippen LogP contribution in [0, 0.1) is 5.82 Å². The van der Waals surface area contributed by atoms with Gasteiger partial charge in [-0.1, -0.05) is 36.4 Å². The lowest BCUT2D eigenvalue weighted by molar-refractivity contribution is 0.249. The maximum atomic E-state index is 13.7. The molecule has 0 aliphatic heterocycles. The molecular weight excluding hydrogens is 542 g/mol. The highest BCUT2D eigenvalue weighted by atomic mass is 127. The van der Waals surface area contributed by atoms with Crippen molar-refractivity contribution in [3.05, 3.63) is 71.0 Å². The van der Waals surface area contributed by atoms with Crippen LogP contribution in [0.2, 0.25) is 0 Å². The fraction of sp³-hybridized carbons (Fsp3) is 0.435. The van der Waals surface area contributed by atoms with Gasteiger partial charge in [-0.15, -0.1) is 24.0 Å². The number of hydrogen-bond acceptors (Lipinski definition) is 4. The molecule has 0 aliphatic rings. The molecule has 0 radical (unpaired) electrons. The summed E-state index contributed by atoms with van der Waals surface area (Å²) in [4.78, 5) is 6.80. The SMILES string of the molecule is CCNC(=NCc1cc(F)ccc1CS(C)(=O)=O)NCC(C)N(C)Cc1ccccc1.I. The van der Waals surface area contributed by atoms with Crippen LogP contribution in [0.5, 0.6) is 0 Å². The molecule has 2 rings (SSSR count). The van der Waals surface area contributed by atoms with Crippen LogP contribution in [0.3, 0.4) is 0 Å². The normalized spacial score (nSPS) is 12.9. The molecule has 1 atom stereocenters. The van der Waals surface area contributed by atoms with E-state index in [-0.39, 0.29) is 42.3 Å². The average molecular weight is 577 g/mol. The number of likely N-dealkylation sites (N-methyl/N-ethyl adjacent to an activating group) is 1. The van der Waals surface area contributed by atoms with Gasteiger partial charge in [0.15, 0.2) is 15.8 Å². The molecule has 0 aliphatic carbocycles. The van der Waals surface area contributed by atoms with E-state index >= 15 is 0 Å². The second kappa shape index (κ2) is 13.7. The maximum absolute atomic E-state index is 13.7. The topological polar surface area (TPSA) is 73.8 Å². The summed E-state index contributed by atoms with van der Waals surface area (Å²) in [7, 11) is -1.15. The fourth-order valence-corrected chi connectivity index (χ4v) is 3.94. The molecule has 178 valence electrons. The zero-order valence-corrected chi connectivity index (χ0v) is 22.3. The quantitative estimate of drug-likeness (QED) is 0.257. The minimum Gasteiger partial charge on any atom is -0.357 e. The molecule has 0 bridgehead atoms. The van der Waals surface area contributed by atoms with Crippen molar-refractivity contribution in [2.45, 2.75) is 38.7 Å². The number of guanidine groups is 1. The van der Waals surface area contributed by atoms with Crippen molar-refractivity contribution in [3.63, 3.8) is 0 Å². The Kier molecular flexibility index (Phi) is 12.2. The molecule has 0 amide bonds. The van der Waals surface area contributed by atoms with Crippen molar-refractivity contribution in [2.24, 2.45) is 4.99 Å². The fourth-order valence-electron chi connectivity index (χ4n) is 3.10. The molecule has 0 saturated carbocycles. The lowest BCUT2D eigenvalue weighted by Gasteiger charge is -2.26. The van der Waals surface area contributed by atoms with Crippen LogP contribution in [0.4, 0.5) is 4.39 Å². The number of hydrogen-bond donors (Lipinski definition) is 2. The Bertz CT molecular complexity index is 971.